The molecule has 202 valence electrons. The Balaban J connectivity index is 1.23. The predicted octanol–water partition coefficient (Wildman–Crippen LogP) is 4.53. The van der Waals surface area contributed by atoms with Crippen molar-refractivity contribution in [2.45, 2.75) is 55.7 Å². The van der Waals surface area contributed by atoms with Gasteiger partial charge in [0.25, 0.3) is 5.91 Å². The van der Waals surface area contributed by atoms with Crippen LogP contribution < -0.4 is 10.6 Å². The fourth-order valence-corrected chi connectivity index (χ4v) is 5.53. The topological polar surface area (TPSA) is 77.5 Å². The summed E-state index contributed by atoms with van der Waals surface area (Å²) in [7, 11) is 0. The maximum absolute atomic E-state index is 13.0. The molecule has 1 saturated heterocycles. The summed E-state index contributed by atoms with van der Waals surface area (Å²) >= 11 is 1.45. The summed E-state index contributed by atoms with van der Waals surface area (Å²) in [4.78, 5) is 18.9. The third kappa shape index (κ3) is 6.44. The van der Waals surface area contributed by atoms with Gasteiger partial charge in [-0.25, -0.2) is 4.98 Å². The van der Waals surface area contributed by atoms with Gasteiger partial charge in [0, 0.05) is 42.0 Å². The van der Waals surface area contributed by atoms with Gasteiger partial charge in [0.15, 0.2) is 0 Å². The van der Waals surface area contributed by atoms with Crippen molar-refractivity contribution in [1.82, 2.24) is 20.5 Å². The fourth-order valence-electron chi connectivity index (χ4n) is 4.73. The second kappa shape index (κ2) is 10.3. The number of hydrogen-bond acceptors (Lipinski definition) is 6. The van der Waals surface area contributed by atoms with Crippen LogP contribution in [0, 0.1) is 0 Å². The highest BCUT2D eigenvalue weighted by atomic mass is 32.1. The lowest BCUT2D eigenvalue weighted by atomic mass is 9.81. The minimum absolute atomic E-state index is 0.0223. The van der Waals surface area contributed by atoms with E-state index >= 15 is 0 Å². The lowest BCUT2D eigenvalue weighted by molar-refractivity contribution is -0.143. The molecule has 13 heteroatoms. The summed E-state index contributed by atoms with van der Waals surface area (Å²) in [5.74, 6) is -1.07. The van der Waals surface area contributed by atoms with E-state index < -0.39 is 40.6 Å². The highest BCUT2D eigenvalue weighted by Crippen LogP contribution is 2.40. The number of nitrogens with one attached hydrogen (secondary N) is 2. The number of hydrogen-bond donors (Lipinski definition) is 3. The first-order chi connectivity index (χ1) is 17.2. The Hall–Kier alpha value is -2.64. The number of benzene rings is 1. The number of halogens is 6. The van der Waals surface area contributed by atoms with Crippen LogP contribution in [0.15, 0.2) is 42.1 Å². The largest absolute Gasteiger partial charge is 0.416 e. The Morgan fingerprint density at radius 3 is 2.22 bits per heavy atom. The molecule has 37 heavy (non-hydrogen) atoms. The van der Waals surface area contributed by atoms with Crippen LogP contribution in [-0.2, 0) is 18.0 Å². The number of nitrogens with zero attached hydrogens (tertiary/aromatic N) is 2. The molecule has 1 aromatic carbocycles. The predicted molar refractivity (Wildman–Crippen MR) is 125 cm³/mol. The number of aromatic nitrogens is 1. The average Bonchev–Trinajstić information content (AvgIpc) is 3.35. The average molecular weight is 549 g/mol. The van der Waals surface area contributed by atoms with Gasteiger partial charge >= 0.3 is 12.4 Å². The van der Waals surface area contributed by atoms with E-state index in [1.165, 1.54) is 11.3 Å². The zero-order valence-corrected chi connectivity index (χ0v) is 20.4. The van der Waals surface area contributed by atoms with E-state index in [0.29, 0.717) is 36.7 Å². The third-order valence-electron chi connectivity index (χ3n) is 6.76. The lowest BCUT2D eigenvalue weighted by Gasteiger charge is -2.48. The summed E-state index contributed by atoms with van der Waals surface area (Å²) in [6.45, 7) is 5.08. The van der Waals surface area contributed by atoms with Gasteiger partial charge < -0.3 is 15.7 Å². The first-order valence-corrected chi connectivity index (χ1v) is 12.5. The smallest absolute Gasteiger partial charge is 0.383 e. The molecule has 1 aliphatic heterocycles. The van der Waals surface area contributed by atoms with Gasteiger partial charge in [-0.05, 0) is 43.9 Å². The van der Waals surface area contributed by atoms with Crippen molar-refractivity contribution in [3.05, 3.63) is 63.7 Å². The molecule has 0 spiro atoms. The quantitative estimate of drug-likeness (QED) is 0.444. The number of likely N-dealkylation sites (tertiary alicyclic amines) is 1. The van der Waals surface area contributed by atoms with Crippen molar-refractivity contribution >= 4 is 17.2 Å². The van der Waals surface area contributed by atoms with E-state index in [-0.39, 0.29) is 18.7 Å². The van der Waals surface area contributed by atoms with Crippen molar-refractivity contribution in [1.29, 1.82) is 0 Å². The van der Waals surface area contributed by atoms with Crippen LogP contribution in [0.2, 0.25) is 0 Å². The maximum Gasteiger partial charge on any atom is 0.416 e. The van der Waals surface area contributed by atoms with E-state index in [2.05, 4.69) is 27.1 Å². The number of amides is 1. The molecular formula is C24H26F6N4O2S. The normalized spacial score (nSPS) is 23.4. The van der Waals surface area contributed by atoms with Gasteiger partial charge in [0.1, 0.15) is 10.6 Å². The number of thiazole rings is 1. The minimum atomic E-state index is -5.03. The van der Waals surface area contributed by atoms with E-state index in [1.807, 2.05) is 5.38 Å². The Kier molecular flexibility index (Phi) is 7.59. The molecule has 2 fully saturated rings. The molecular weight excluding hydrogens is 522 g/mol. The van der Waals surface area contributed by atoms with Crippen LogP contribution in [0.1, 0.15) is 52.2 Å². The standard InChI is InChI=1S/C24H26F6N4O2S/c1-14(11-32-20(35)15-8-16(23(25,26)27)10-17(9-15)24(28,29)30)33-18-12-34(13-18)19-2-4-22(36,5-3-19)21-31-6-7-37-21/h6-10,18-19,33,36H,1-5,11-13H2,(H,32,35). The number of carbonyl (C=O) groups excluding carboxylic acids is 1. The molecule has 0 radical (unpaired) electrons. The van der Waals surface area contributed by atoms with Crippen molar-refractivity contribution in [2.75, 3.05) is 19.6 Å². The minimum Gasteiger partial charge on any atom is -0.383 e. The van der Waals surface area contributed by atoms with Crippen LogP contribution in [0.4, 0.5) is 26.3 Å². The Morgan fingerprint density at radius 2 is 1.70 bits per heavy atom. The summed E-state index contributed by atoms with van der Waals surface area (Å²) in [5, 5.41) is 18.9. The first-order valence-electron chi connectivity index (χ1n) is 11.6. The van der Waals surface area contributed by atoms with Gasteiger partial charge in [-0.15, -0.1) is 11.3 Å². The molecule has 2 heterocycles. The SMILES string of the molecule is C=C(CNC(=O)c1cc(C(F)(F)F)cc(C(F)(F)F)c1)NC1CN(C2CCC(O)(c3nccs3)CC2)C1. The molecule has 0 bridgehead atoms. The van der Waals surface area contributed by atoms with Crippen molar-refractivity contribution in [3.63, 3.8) is 0 Å². The van der Waals surface area contributed by atoms with Crippen LogP contribution >= 0.6 is 11.3 Å². The van der Waals surface area contributed by atoms with Crippen LogP contribution in [0.5, 0.6) is 0 Å². The highest BCUT2D eigenvalue weighted by molar-refractivity contribution is 7.09. The lowest BCUT2D eigenvalue weighted by Crippen LogP contribution is -2.62. The fraction of sp³-hybridized carbons (Fsp3) is 0.500. The second-order valence-corrected chi connectivity index (χ2v) is 10.4. The zero-order chi connectivity index (χ0) is 27.0. The monoisotopic (exact) mass is 548 g/mol. The molecule has 2 aromatic rings. The molecule has 0 atom stereocenters. The van der Waals surface area contributed by atoms with Gasteiger partial charge in [0.05, 0.1) is 23.7 Å². The number of rotatable bonds is 7. The molecule has 1 aliphatic carbocycles. The Bertz CT molecular complexity index is 1090. The van der Waals surface area contributed by atoms with E-state index in [9.17, 15) is 36.2 Å². The Labute approximate surface area is 213 Å². The van der Waals surface area contributed by atoms with Crippen LogP contribution in [-0.4, -0.2) is 52.6 Å². The molecule has 6 nitrogen and oxygen atoms in total. The number of alkyl halides is 6. The van der Waals surface area contributed by atoms with Gasteiger partial charge in [-0.2, -0.15) is 26.3 Å². The maximum atomic E-state index is 13.0. The zero-order valence-electron chi connectivity index (χ0n) is 19.6. The van der Waals surface area contributed by atoms with Gasteiger partial charge in [0.2, 0.25) is 0 Å². The van der Waals surface area contributed by atoms with E-state index in [4.69, 9.17) is 0 Å². The van der Waals surface area contributed by atoms with E-state index in [0.717, 1.165) is 30.9 Å². The molecule has 1 aromatic heterocycles. The molecule has 0 unspecified atom stereocenters. The van der Waals surface area contributed by atoms with Crippen molar-refractivity contribution in [2.24, 2.45) is 0 Å². The second-order valence-electron chi connectivity index (χ2n) is 9.48. The highest BCUT2D eigenvalue weighted by Gasteiger charge is 2.41. The third-order valence-corrected chi connectivity index (χ3v) is 7.73. The van der Waals surface area contributed by atoms with Gasteiger partial charge in [-0.1, -0.05) is 6.58 Å². The van der Waals surface area contributed by atoms with Crippen molar-refractivity contribution < 1.29 is 36.2 Å². The molecule has 1 amide bonds. The number of carbonyl (C=O) groups is 1. The van der Waals surface area contributed by atoms with Crippen molar-refractivity contribution in [3.8, 4) is 0 Å². The summed E-state index contributed by atoms with van der Waals surface area (Å²) in [5.41, 5.74) is -4.32. The Morgan fingerprint density at radius 1 is 1.11 bits per heavy atom. The summed E-state index contributed by atoms with van der Waals surface area (Å²) < 4.78 is 78.2. The van der Waals surface area contributed by atoms with Gasteiger partial charge in [-0.3, -0.25) is 9.69 Å². The first kappa shape index (κ1) is 27.4. The summed E-state index contributed by atoms with van der Waals surface area (Å²) in [6, 6.07) is 1.14. The number of aliphatic hydroxyl groups is 1. The molecule has 2 aliphatic rings. The summed E-state index contributed by atoms with van der Waals surface area (Å²) in [6.07, 6.45) is -5.46. The molecule has 4 rings (SSSR count). The van der Waals surface area contributed by atoms with Crippen LogP contribution in [0.25, 0.3) is 0 Å². The van der Waals surface area contributed by atoms with Crippen LogP contribution in [0.3, 0.4) is 0 Å². The van der Waals surface area contributed by atoms with E-state index in [1.54, 1.807) is 6.20 Å². The molecule has 1 saturated carbocycles. The molecule has 3 N–H and O–H groups in total.